The highest BCUT2D eigenvalue weighted by Gasteiger charge is 2.26. The summed E-state index contributed by atoms with van der Waals surface area (Å²) in [5.41, 5.74) is 1.68. The highest BCUT2D eigenvalue weighted by molar-refractivity contribution is 7.86. The maximum atomic E-state index is 12.3. The first-order valence-electron chi connectivity index (χ1n) is 9.01. The summed E-state index contributed by atoms with van der Waals surface area (Å²) in [4.78, 5) is 0.134. The lowest BCUT2D eigenvalue weighted by atomic mass is 10.1. The van der Waals surface area contributed by atoms with E-state index in [0.29, 0.717) is 28.5 Å². The fourth-order valence-corrected chi connectivity index (χ4v) is 4.34. The van der Waals surface area contributed by atoms with Crippen molar-refractivity contribution in [1.82, 2.24) is 0 Å². The minimum Gasteiger partial charge on any atom is -0.348 e. The van der Waals surface area contributed by atoms with Gasteiger partial charge in [0.1, 0.15) is 0 Å². The van der Waals surface area contributed by atoms with E-state index < -0.39 is 16.4 Å². The molecule has 1 aliphatic rings. The largest absolute Gasteiger partial charge is 0.348 e. The Morgan fingerprint density at radius 1 is 1.07 bits per heavy atom. The zero-order chi connectivity index (χ0) is 20.1. The van der Waals surface area contributed by atoms with Crippen molar-refractivity contribution in [2.45, 2.75) is 50.1 Å². The predicted octanol–water partition coefficient (Wildman–Crippen LogP) is 5.12. The molecule has 1 heterocycles. The second kappa shape index (κ2) is 9.57. The molecule has 0 N–H and O–H groups in total. The Morgan fingerprint density at radius 2 is 1.75 bits per heavy atom. The van der Waals surface area contributed by atoms with Crippen LogP contribution in [0.2, 0.25) is 10.0 Å². The molecule has 1 saturated heterocycles. The quantitative estimate of drug-likeness (QED) is 0.554. The number of hydrogen-bond donors (Lipinski definition) is 0. The van der Waals surface area contributed by atoms with Gasteiger partial charge in [0, 0.05) is 15.6 Å². The van der Waals surface area contributed by atoms with Gasteiger partial charge in [0.2, 0.25) is 0 Å². The molecule has 0 saturated carbocycles. The first-order valence-corrected chi connectivity index (χ1v) is 11.2. The topological polar surface area (TPSA) is 61.8 Å². The molecule has 0 spiro atoms. The van der Waals surface area contributed by atoms with Crippen LogP contribution in [0, 0.1) is 6.92 Å². The zero-order valence-electron chi connectivity index (χ0n) is 15.4. The minimum absolute atomic E-state index is 0.0527. The normalized spacial score (nSPS) is 20.2. The highest BCUT2D eigenvalue weighted by atomic mass is 35.5. The summed E-state index contributed by atoms with van der Waals surface area (Å²) in [7, 11) is -3.82. The lowest BCUT2D eigenvalue weighted by Gasteiger charge is -2.29. The summed E-state index contributed by atoms with van der Waals surface area (Å²) in [6, 6.07) is 11.8. The van der Waals surface area contributed by atoms with Crippen molar-refractivity contribution >= 4 is 33.3 Å². The maximum Gasteiger partial charge on any atom is 0.297 e. The molecule has 0 bridgehead atoms. The van der Waals surface area contributed by atoms with Crippen LogP contribution >= 0.6 is 23.2 Å². The third-order valence-corrected chi connectivity index (χ3v) is 6.51. The molecule has 1 aliphatic heterocycles. The van der Waals surface area contributed by atoms with Crippen molar-refractivity contribution in [2.24, 2.45) is 0 Å². The SMILES string of the molecule is Cc1ccc(S(=O)(=O)OC[C@H]2CCC[C@@H](OCc3c(Cl)cccc3Cl)O2)cc1. The van der Waals surface area contributed by atoms with Gasteiger partial charge in [0.25, 0.3) is 10.1 Å². The highest BCUT2D eigenvalue weighted by Crippen LogP contribution is 2.28. The lowest BCUT2D eigenvalue weighted by molar-refractivity contribution is -0.204. The molecular weight excluding hydrogens is 423 g/mol. The van der Waals surface area contributed by atoms with Crippen LogP contribution in [0.3, 0.4) is 0 Å². The second-order valence-electron chi connectivity index (χ2n) is 6.68. The van der Waals surface area contributed by atoms with Gasteiger partial charge < -0.3 is 9.47 Å². The molecule has 2 atom stereocenters. The van der Waals surface area contributed by atoms with Gasteiger partial charge in [-0.15, -0.1) is 0 Å². The van der Waals surface area contributed by atoms with Crippen molar-refractivity contribution in [3.05, 3.63) is 63.6 Å². The van der Waals surface area contributed by atoms with Crippen molar-refractivity contribution in [3.63, 3.8) is 0 Å². The number of rotatable bonds is 7. The van der Waals surface area contributed by atoms with Gasteiger partial charge in [0.05, 0.1) is 24.2 Å². The summed E-state index contributed by atoms with van der Waals surface area (Å²) in [6.07, 6.45) is 1.44. The van der Waals surface area contributed by atoms with E-state index in [9.17, 15) is 8.42 Å². The summed E-state index contributed by atoms with van der Waals surface area (Å²) in [6.45, 7) is 2.06. The summed E-state index contributed by atoms with van der Waals surface area (Å²) < 4.78 is 41.5. The van der Waals surface area contributed by atoms with Crippen LogP contribution in [0.15, 0.2) is 47.4 Å². The number of ether oxygens (including phenoxy) is 2. The standard InChI is InChI=1S/C20H22Cl2O5S/c1-14-8-10-16(11-9-14)28(23,24)26-12-15-4-2-7-20(27-15)25-13-17-18(21)5-3-6-19(17)22/h3,5-6,8-11,15,20H,2,4,7,12-13H2,1H3/t15-,20+/m1/s1. The summed E-state index contributed by atoms with van der Waals surface area (Å²) in [5.74, 6) is 0. The van der Waals surface area contributed by atoms with Gasteiger partial charge in [0.15, 0.2) is 6.29 Å². The molecule has 28 heavy (non-hydrogen) atoms. The van der Waals surface area contributed by atoms with Crippen LogP contribution in [0.4, 0.5) is 0 Å². The fraction of sp³-hybridized carbons (Fsp3) is 0.400. The maximum absolute atomic E-state index is 12.3. The molecular formula is C20H22Cl2O5S. The van der Waals surface area contributed by atoms with E-state index in [2.05, 4.69) is 0 Å². The predicted molar refractivity (Wildman–Crippen MR) is 108 cm³/mol. The van der Waals surface area contributed by atoms with E-state index in [0.717, 1.165) is 12.0 Å². The number of halogens is 2. The van der Waals surface area contributed by atoms with Gasteiger partial charge in [-0.3, -0.25) is 4.18 Å². The van der Waals surface area contributed by atoms with E-state index in [1.165, 1.54) is 12.1 Å². The van der Waals surface area contributed by atoms with Gasteiger partial charge >= 0.3 is 0 Å². The average Bonchev–Trinajstić information content (AvgIpc) is 2.67. The monoisotopic (exact) mass is 444 g/mol. The molecule has 8 heteroatoms. The minimum atomic E-state index is -3.82. The molecule has 3 rings (SSSR count). The van der Waals surface area contributed by atoms with Crippen molar-refractivity contribution in [1.29, 1.82) is 0 Å². The Balaban J connectivity index is 1.53. The summed E-state index contributed by atoms with van der Waals surface area (Å²) in [5, 5.41) is 1.07. The second-order valence-corrected chi connectivity index (χ2v) is 9.11. The molecule has 5 nitrogen and oxygen atoms in total. The van der Waals surface area contributed by atoms with Crippen LogP contribution < -0.4 is 0 Å². The summed E-state index contributed by atoms with van der Waals surface area (Å²) >= 11 is 12.3. The fourth-order valence-electron chi connectivity index (χ4n) is 2.89. The Hall–Kier alpha value is -1.15. The van der Waals surface area contributed by atoms with Crippen LogP contribution in [-0.4, -0.2) is 27.4 Å². The van der Waals surface area contributed by atoms with Crippen molar-refractivity contribution < 1.29 is 22.1 Å². The number of benzene rings is 2. The molecule has 0 unspecified atom stereocenters. The van der Waals surface area contributed by atoms with Crippen molar-refractivity contribution in [3.8, 4) is 0 Å². The van der Waals surface area contributed by atoms with Crippen LogP contribution in [0.1, 0.15) is 30.4 Å². The molecule has 0 aromatic heterocycles. The van der Waals surface area contributed by atoms with E-state index in [4.69, 9.17) is 36.9 Å². The van der Waals surface area contributed by atoms with E-state index in [-0.39, 0.29) is 24.2 Å². The lowest BCUT2D eigenvalue weighted by Crippen LogP contribution is -2.33. The third-order valence-electron chi connectivity index (χ3n) is 4.50. The average molecular weight is 445 g/mol. The van der Waals surface area contributed by atoms with Crippen LogP contribution in [0.5, 0.6) is 0 Å². The zero-order valence-corrected chi connectivity index (χ0v) is 17.8. The molecule has 152 valence electrons. The first kappa shape index (κ1) is 21.6. The van der Waals surface area contributed by atoms with Gasteiger partial charge in [-0.1, -0.05) is 47.0 Å². The smallest absolute Gasteiger partial charge is 0.297 e. The molecule has 0 radical (unpaired) electrons. The first-order chi connectivity index (χ1) is 13.3. The van der Waals surface area contributed by atoms with Crippen LogP contribution in [-0.2, 0) is 30.4 Å². The van der Waals surface area contributed by atoms with Gasteiger partial charge in [-0.25, -0.2) is 0 Å². The Bertz CT molecular complexity index is 879. The Labute approximate surface area is 175 Å². The Kier molecular flexibility index (Phi) is 7.36. The molecule has 0 aliphatic carbocycles. The van der Waals surface area contributed by atoms with Gasteiger partial charge in [-0.05, 0) is 50.5 Å². The molecule has 0 amide bonds. The molecule has 2 aromatic rings. The van der Waals surface area contributed by atoms with Gasteiger partial charge in [-0.2, -0.15) is 8.42 Å². The van der Waals surface area contributed by atoms with Crippen LogP contribution in [0.25, 0.3) is 0 Å². The molecule has 1 fully saturated rings. The number of hydrogen-bond acceptors (Lipinski definition) is 5. The van der Waals surface area contributed by atoms with E-state index in [1.54, 1.807) is 30.3 Å². The van der Waals surface area contributed by atoms with E-state index in [1.807, 2.05) is 6.92 Å². The molecule has 2 aromatic carbocycles. The number of aryl methyl sites for hydroxylation is 1. The van der Waals surface area contributed by atoms with Crippen molar-refractivity contribution in [2.75, 3.05) is 6.61 Å². The Morgan fingerprint density at radius 3 is 2.43 bits per heavy atom. The van der Waals surface area contributed by atoms with E-state index >= 15 is 0 Å². The third kappa shape index (κ3) is 5.69.